The zero-order valence-corrected chi connectivity index (χ0v) is 14.3. The van der Waals surface area contributed by atoms with Crippen molar-refractivity contribution < 1.29 is 22.4 Å². The molecule has 2 aromatic heterocycles. The zero-order valence-electron chi connectivity index (χ0n) is 13.5. The summed E-state index contributed by atoms with van der Waals surface area (Å²) < 4.78 is 45.0. The minimum atomic E-state index is -4.84. The molecule has 2 heterocycles. The molecule has 0 saturated heterocycles. The summed E-state index contributed by atoms with van der Waals surface area (Å²) in [4.78, 5) is 19.4. The second-order valence-electron chi connectivity index (χ2n) is 5.40. The van der Waals surface area contributed by atoms with E-state index >= 15 is 0 Å². The molecular formula is C17H12ClF3N4O2. The van der Waals surface area contributed by atoms with Crippen LogP contribution in [0, 0.1) is 0 Å². The lowest BCUT2D eigenvalue weighted by atomic mass is 10.2. The van der Waals surface area contributed by atoms with E-state index in [2.05, 4.69) is 20.6 Å². The van der Waals surface area contributed by atoms with Crippen molar-refractivity contribution >= 4 is 29.1 Å². The van der Waals surface area contributed by atoms with Crippen molar-refractivity contribution in [1.82, 2.24) is 15.3 Å². The van der Waals surface area contributed by atoms with Gasteiger partial charge >= 0.3 is 6.18 Å². The molecule has 140 valence electrons. The molecular weight excluding hydrogens is 385 g/mol. The zero-order chi connectivity index (χ0) is 19.4. The summed E-state index contributed by atoms with van der Waals surface area (Å²) >= 11 is 5.84. The van der Waals surface area contributed by atoms with E-state index in [1.807, 2.05) is 0 Å². The normalized spacial score (nSPS) is 11.3. The van der Waals surface area contributed by atoms with Gasteiger partial charge in [-0.2, -0.15) is 13.2 Å². The Morgan fingerprint density at radius 1 is 1.26 bits per heavy atom. The third kappa shape index (κ3) is 4.76. The fourth-order valence-electron chi connectivity index (χ4n) is 2.19. The van der Waals surface area contributed by atoms with Gasteiger partial charge in [-0.1, -0.05) is 17.7 Å². The molecule has 10 heteroatoms. The van der Waals surface area contributed by atoms with Gasteiger partial charge in [0.2, 0.25) is 5.95 Å². The molecule has 0 radical (unpaired) electrons. The van der Waals surface area contributed by atoms with Gasteiger partial charge in [0, 0.05) is 29.0 Å². The van der Waals surface area contributed by atoms with E-state index in [0.717, 1.165) is 6.20 Å². The van der Waals surface area contributed by atoms with Crippen LogP contribution in [-0.4, -0.2) is 15.9 Å². The number of hydrogen-bond acceptors (Lipinski definition) is 5. The Bertz CT molecular complexity index is 946. The van der Waals surface area contributed by atoms with Crippen LogP contribution in [0.5, 0.6) is 0 Å². The van der Waals surface area contributed by atoms with Crippen LogP contribution in [0.3, 0.4) is 0 Å². The Morgan fingerprint density at radius 3 is 2.74 bits per heavy atom. The SMILES string of the molecule is O=C(NCc1ccoc1)c1cnc(Nc2cccc(Cl)c2)nc1C(F)(F)F. The highest BCUT2D eigenvalue weighted by atomic mass is 35.5. The van der Waals surface area contributed by atoms with Crippen molar-refractivity contribution in [2.45, 2.75) is 12.7 Å². The fourth-order valence-corrected chi connectivity index (χ4v) is 2.38. The van der Waals surface area contributed by atoms with E-state index in [-0.39, 0.29) is 12.5 Å². The average molecular weight is 397 g/mol. The molecule has 0 aliphatic rings. The first-order chi connectivity index (χ1) is 12.8. The van der Waals surface area contributed by atoms with Gasteiger partial charge in [0.1, 0.15) is 0 Å². The number of aromatic nitrogens is 2. The lowest BCUT2D eigenvalue weighted by molar-refractivity contribution is -0.141. The fraction of sp³-hybridized carbons (Fsp3) is 0.118. The maximum absolute atomic E-state index is 13.4. The second-order valence-corrected chi connectivity index (χ2v) is 5.84. The monoisotopic (exact) mass is 396 g/mol. The first kappa shape index (κ1) is 18.7. The second kappa shape index (κ2) is 7.67. The first-order valence-electron chi connectivity index (χ1n) is 7.59. The number of alkyl halides is 3. The predicted octanol–water partition coefficient (Wildman–Crippen LogP) is 4.42. The molecule has 0 aliphatic heterocycles. The number of hydrogen-bond donors (Lipinski definition) is 2. The van der Waals surface area contributed by atoms with E-state index in [1.54, 1.807) is 24.3 Å². The summed E-state index contributed by atoms with van der Waals surface area (Å²) in [6.45, 7) is 0.00907. The van der Waals surface area contributed by atoms with Crippen molar-refractivity contribution in [3.63, 3.8) is 0 Å². The van der Waals surface area contributed by atoms with Crippen LogP contribution >= 0.6 is 11.6 Å². The van der Waals surface area contributed by atoms with Crippen LogP contribution in [0.2, 0.25) is 5.02 Å². The van der Waals surface area contributed by atoms with Gasteiger partial charge in [-0.3, -0.25) is 4.79 Å². The van der Waals surface area contributed by atoms with Gasteiger partial charge in [-0.05, 0) is 24.3 Å². The number of amides is 1. The summed E-state index contributed by atoms with van der Waals surface area (Å²) in [5, 5.41) is 5.40. The van der Waals surface area contributed by atoms with Gasteiger partial charge < -0.3 is 15.1 Å². The van der Waals surface area contributed by atoms with E-state index in [0.29, 0.717) is 16.3 Å². The molecule has 0 fully saturated rings. The smallest absolute Gasteiger partial charge is 0.434 e. The summed E-state index contributed by atoms with van der Waals surface area (Å²) in [5.74, 6) is -1.26. The van der Waals surface area contributed by atoms with Crippen molar-refractivity contribution in [2.75, 3.05) is 5.32 Å². The Morgan fingerprint density at radius 2 is 2.07 bits per heavy atom. The molecule has 27 heavy (non-hydrogen) atoms. The summed E-state index contributed by atoms with van der Waals surface area (Å²) in [7, 11) is 0. The number of carbonyl (C=O) groups is 1. The van der Waals surface area contributed by atoms with Gasteiger partial charge in [0.15, 0.2) is 5.69 Å². The van der Waals surface area contributed by atoms with Gasteiger partial charge in [-0.25, -0.2) is 9.97 Å². The summed E-state index contributed by atoms with van der Waals surface area (Å²) in [5.41, 5.74) is -1.00. The highest BCUT2D eigenvalue weighted by Gasteiger charge is 2.38. The maximum atomic E-state index is 13.4. The standard InChI is InChI=1S/C17H12ClF3N4O2/c18-11-2-1-3-12(6-11)24-16-23-8-13(14(25-16)17(19,20)21)15(26)22-7-10-4-5-27-9-10/h1-6,8-9H,7H2,(H,22,26)(H,23,24,25). The number of halogens is 4. The number of nitrogens with one attached hydrogen (secondary N) is 2. The molecule has 0 aliphatic carbocycles. The number of nitrogens with zero attached hydrogens (tertiary/aromatic N) is 2. The number of carbonyl (C=O) groups excluding carboxylic acids is 1. The van der Waals surface area contributed by atoms with Crippen LogP contribution in [0.25, 0.3) is 0 Å². The van der Waals surface area contributed by atoms with Crippen molar-refractivity contribution in [3.8, 4) is 0 Å². The van der Waals surface area contributed by atoms with Crippen molar-refractivity contribution in [1.29, 1.82) is 0 Å². The quantitative estimate of drug-likeness (QED) is 0.667. The molecule has 0 saturated carbocycles. The van der Waals surface area contributed by atoms with E-state index in [1.165, 1.54) is 18.6 Å². The molecule has 2 N–H and O–H groups in total. The van der Waals surface area contributed by atoms with Crippen LogP contribution < -0.4 is 10.6 Å². The number of rotatable bonds is 5. The third-order valence-electron chi connectivity index (χ3n) is 3.42. The average Bonchev–Trinajstić information content (AvgIpc) is 3.12. The van der Waals surface area contributed by atoms with Crippen molar-refractivity contribution in [2.24, 2.45) is 0 Å². The number of benzene rings is 1. The largest absolute Gasteiger partial charge is 0.472 e. The van der Waals surface area contributed by atoms with Gasteiger partial charge in [0.25, 0.3) is 5.91 Å². The molecule has 0 unspecified atom stereocenters. The van der Waals surface area contributed by atoms with E-state index < -0.39 is 23.3 Å². The van der Waals surface area contributed by atoms with Gasteiger partial charge in [-0.15, -0.1) is 0 Å². The van der Waals surface area contributed by atoms with Crippen LogP contribution in [-0.2, 0) is 12.7 Å². The van der Waals surface area contributed by atoms with Crippen molar-refractivity contribution in [3.05, 3.63) is 70.9 Å². The maximum Gasteiger partial charge on any atom is 0.434 e. The Labute approximate surface area is 156 Å². The molecule has 0 bridgehead atoms. The molecule has 0 spiro atoms. The molecule has 3 aromatic rings. The first-order valence-corrected chi connectivity index (χ1v) is 7.97. The number of anilines is 2. The highest BCUT2D eigenvalue weighted by Crippen LogP contribution is 2.31. The topological polar surface area (TPSA) is 80.0 Å². The lowest BCUT2D eigenvalue weighted by Gasteiger charge is -2.13. The summed E-state index contributed by atoms with van der Waals surface area (Å²) in [6, 6.07) is 7.91. The number of furan rings is 1. The van der Waals surface area contributed by atoms with E-state index in [9.17, 15) is 18.0 Å². The third-order valence-corrected chi connectivity index (χ3v) is 3.65. The Kier molecular flexibility index (Phi) is 5.31. The van der Waals surface area contributed by atoms with Crippen LogP contribution in [0.4, 0.5) is 24.8 Å². The molecule has 3 rings (SSSR count). The Balaban J connectivity index is 1.84. The van der Waals surface area contributed by atoms with Crippen LogP contribution in [0.1, 0.15) is 21.6 Å². The minimum Gasteiger partial charge on any atom is -0.472 e. The predicted molar refractivity (Wildman–Crippen MR) is 91.6 cm³/mol. The Hall–Kier alpha value is -3.07. The lowest BCUT2D eigenvalue weighted by Crippen LogP contribution is -2.27. The molecule has 6 nitrogen and oxygen atoms in total. The van der Waals surface area contributed by atoms with Gasteiger partial charge in [0.05, 0.1) is 18.1 Å². The molecule has 1 amide bonds. The van der Waals surface area contributed by atoms with Crippen LogP contribution in [0.15, 0.2) is 53.5 Å². The highest BCUT2D eigenvalue weighted by molar-refractivity contribution is 6.30. The molecule has 0 atom stereocenters. The summed E-state index contributed by atoms with van der Waals surface area (Å²) in [6.07, 6.45) is -1.25. The molecule has 1 aromatic carbocycles. The van der Waals surface area contributed by atoms with E-state index in [4.69, 9.17) is 16.0 Å². The minimum absolute atomic E-state index is 0.00907.